The van der Waals surface area contributed by atoms with Gasteiger partial charge in [0, 0.05) is 49.8 Å². The molecule has 1 unspecified atom stereocenters. The fraction of sp³-hybridized carbons (Fsp3) is 0.333. The van der Waals surface area contributed by atoms with Gasteiger partial charge in [-0.1, -0.05) is 63.9 Å². The first-order chi connectivity index (χ1) is 21.9. The quantitative estimate of drug-likeness (QED) is 0.239. The van der Waals surface area contributed by atoms with E-state index in [9.17, 15) is 0 Å². The van der Waals surface area contributed by atoms with E-state index >= 15 is 0 Å². The Labute approximate surface area is 230 Å². The lowest BCUT2D eigenvalue weighted by atomic mass is 9.76. The summed E-state index contributed by atoms with van der Waals surface area (Å²) in [6, 6.07) is 13.9. The van der Waals surface area contributed by atoms with Gasteiger partial charge in [-0.2, -0.15) is 0 Å². The van der Waals surface area contributed by atoms with E-state index in [1.807, 2.05) is 19.1 Å². The van der Waals surface area contributed by atoms with Crippen LogP contribution >= 0.6 is 0 Å². The van der Waals surface area contributed by atoms with E-state index in [1.54, 1.807) is 61.9 Å². The Morgan fingerprint density at radius 1 is 1.08 bits per heavy atom. The average molecular weight is 488 g/mol. The summed E-state index contributed by atoms with van der Waals surface area (Å²) < 4.78 is 109. The molecule has 0 saturated carbocycles. The lowest BCUT2D eigenvalue weighted by molar-refractivity contribution is -0.660. The topological polar surface area (TPSA) is 29.9 Å². The zero-order valence-corrected chi connectivity index (χ0v) is 20.7. The third-order valence-electron chi connectivity index (χ3n) is 7.47. The van der Waals surface area contributed by atoms with Crippen molar-refractivity contribution in [1.29, 1.82) is 0 Å². The Morgan fingerprint density at radius 3 is 2.72 bits per heavy atom. The van der Waals surface area contributed by atoms with Crippen molar-refractivity contribution in [3.05, 3.63) is 82.7 Å². The Morgan fingerprint density at radius 2 is 1.94 bits per heavy atom. The van der Waals surface area contributed by atoms with Gasteiger partial charge in [-0.05, 0) is 60.8 Å². The van der Waals surface area contributed by atoms with Gasteiger partial charge in [-0.25, -0.2) is 9.55 Å². The molecule has 0 radical (unpaired) electrons. The molecule has 5 aromatic rings. The van der Waals surface area contributed by atoms with E-state index in [2.05, 4.69) is 0 Å². The summed E-state index contributed by atoms with van der Waals surface area (Å²) >= 11 is 0. The minimum Gasteiger partial charge on any atom is -0.437 e. The Kier molecular flexibility index (Phi) is 2.94. The van der Waals surface area contributed by atoms with Crippen LogP contribution in [-0.4, -0.2) is 4.98 Å². The highest BCUT2D eigenvalue weighted by Crippen LogP contribution is 2.53. The van der Waals surface area contributed by atoms with Crippen molar-refractivity contribution in [1.82, 2.24) is 4.98 Å². The SMILES string of the molecule is [2H]C([2H])([2H])CC1(C([2H])([2H])C([2H])([2H])[2H])c2ccccc2-c2cc3c(nc21)oc1c(-c2cc(C([2H])(C)C)c(C([2H])([2H])[2H])c[n+]2C)c(C)ccc13. The van der Waals surface area contributed by atoms with E-state index in [0.29, 0.717) is 44.3 Å². The van der Waals surface area contributed by atoms with Crippen LogP contribution in [0.4, 0.5) is 0 Å². The number of hydrogen-bond acceptors (Lipinski definition) is 2. The maximum atomic E-state index is 9.04. The second kappa shape index (κ2) is 8.03. The van der Waals surface area contributed by atoms with Crippen molar-refractivity contribution in [2.24, 2.45) is 7.05 Å². The summed E-state index contributed by atoms with van der Waals surface area (Å²) in [4.78, 5) is 4.80. The molecule has 182 valence electrons. The molecule has 0 spiro atoms. The van der Waals surface area contributed by atoms with Crippen LogP contribution in [0.5, 0.6) is 0 Å². The lowest BCUT2D eigenvalue weighted by Crippen LogP contribution is -2.32. The molecule has 0 amide bonds. The zero-order valence-electron chi connectivity index (χ0n) is 32.7. The highest BCUT2D eigenvalue weighted by molar-refractivity contribution is 6.10. The second-order valence-corrected chi connectivity index (χ2v) is 9.82. The molecule has 3 heterocycles. The van der Waals surface area contributed by atoms with E-state index in [4.69, 9.17) is 25.9 Å². The maximum Gasteiger partial charge on any atom is 0.227 e. The van der Waals surface area contributed by atoms with Crippen LogP contribution in [0.25, 0.3) is 44.5 Å². The number of aromatic nitrogens is 2. The highest BCUT2D eigenvalue weighted by atomic mass is 16.3. The molecule has 36 heavy (non-hydrogen) atoms. The van der Waals surface area contributed by atoms with Crippen molar-refractivity contribution in [2.45, 2.75) is 65.4 Å². The molecule has 0 N–H and O–H groups in total. The Balaban J connectivity index is 1.71. The van der Waals surface area contributed by atoms with Crippen LogP contribution < -0.4 is 4.57 Å². The van der Waals surface area contributed by atoms with Gasteiger partial charge in [0.2, 0.25) is 11.4 Å². The molecular weight excluding hydrogens is 440 g/mol. The molecule has 0 saturated heterocycles. The molecule has 1 aliphatic carbocycles. The third-order valence-corrected chi connectivity index (χ3v) is 7.47. The molecule has 2 aromatic carbocycles. The number of fused-ring (bicyclic) bond motifs is 6. The standard InChI is InChI=1S/C33H35N2O/c1-8-33(9-2)27-13-11-10-12-22(27)25-16-26-23-15-14-20(5)29(30(23)36-32(26)34-31(25)33)28-17-24(19(3)4)21(6)18-35(28)7/h10-19H,8-9H2,1-7H3/q+1/i1D3,2D3,6D3,8D2,19D. The predicted molar refractivity (Wildman–Crippen MR) is 148 cm³/mol. The molecule has 3 aromatic heterocycles. The summed E-state index contributed by atoms with van der Waals surface area (Å²) in [7, 11) is 1.72. The van der Waals surface area contributed by atoms with Gasteiger partial charge in [-0.15, -0.1) is 0 Å². The Bertz CT molecular complexity index is 2120. The summed E-state index contributed by atoms with van der Waals surface area (Å²) in [5.74, 6) is -1.24. The minimum atomic E-state index is -3.21. The summed E-state index contributed by atoms with van der Waals surface area (Å²) in [6.07, 6.45) is -2.34. The molecule has 3 heteroatoms. The fourth-order valence-corrected chi connectivity index (χ4v) is 5.59. The van der Waals surface area contributed by atoms with E-state index in [1.165, 1.54) is 6.20 Å². The molecular formula is C33H35N2O+. The average Bonchev–Trinajstić information content (AvgIpc) is 3.43. The predicted octanol–water partition coefficient (Wildman–Crippen LogP) is 8.30. The van der Waals surface area contributed by atoms with Crippen molar-refractivity contribution in [2.75, 3.05) is 0 Å². The normalized spacial score (nSPS) is 23.4. The Hall–Kier alpha value is -3.46. The van der Waals surface area contributed by atoms with Gasteiger partial charge in [0.15, 0.2) is 11.8 Å². The molecule has 0 fully saturated rings. The van der Waals surface area contributed by atoms with Gasteiger partial charge in [0.25, 0.3) is 0 Å². The van der Waals surface area contributed by atoms with Gasteiger partial charge >= 0.3 is 0 Å². The van der Waals surface area contributed by atoms with E-state index in [0.717, 1.165) is 5.56 Å². The van der Waals surface area contributed by atoms with Crippen LogP contribution in [0.1, 0.15) is 90.6 Å². The highest BCUT2D eigenvalue weighted by Gasteiger charge is 2.42. The first kappa shape index (κ1) is 13.2. The summed E-state index contributed by atoms with van der Waals surface area (Å²) in [5.41, 5.74) is 1.86. The van der Waals surface area contributed by atoms with Crippen LogP contribution in [0.3, 0.4) is 0 Å². The molecule has 1 aliphatic rings. The van der Waals surface area contributed by atoms with E-state index in [-0.39, 0.29) is 22.5 Å². The first-order valence-corrected chi connectivity index (χ1v) is 11.9. The van der Waals surface area contributed by atoms with Crippen LogP contribution in [0, 0.1) is 13.8 Å². The van der Waals surface area contributed by atoms with Crippen molar-refractivity contribution in [3.63, 3.8) is 0 Å². The number of hydrogen-bond donors (Lipinski definition) is 0. The monoisotopic (exact) mass is 487 g/mol. The number of pyridine rings is 2. The number of furan rings is 1. The third kappa shape index (κ3) is 2.98. The van der Waals surface area contributed by atoms with Crippen molar-refractivity contribution < 1.29 is 25.4 Å². The minimum absolute atomic E-state index is 0.0170. The molecule has 6 rings (SSSR count). The second-order valence-electron chi connectivity index (χ2n) is 9.82. The summed E-state index contributed by atoms with van der Waals surface area (Å²) in [5, 5.41) is 1.21. The van der Waals surface area contributed by atoms with Gasteiger partial charge in [0.1, 0.15) is 7.05 Å². The smallest absolute Gasteiger partial charge is 0.227 e. The van der Waals surface area contributed by atoms with Crippen LogP contribution in [0.2, 0.25) is 0 Å². The van der Waals surface area contributed by atoms with Gasteiger partial charge < -0.3 is 4.42 Å². The van der Waals surface area contributed by atoms with Crippen molar-refractivity contribution >= 4 is 22.1 Å². The van der Waals surface area contributed by atoms with Crippen LogP contribution in [0.15, 0.2) is 59.1 Å². The largest absolute Gasteiger partial charge is 0.437 e. The van der Waals surface area contributed by atoms with E-state index < -0.39 is 44.7 Å². The van der Waals surface area contributed by atoms with Gasteiger partial charge in [-0.3, -0.25) is 0 Å². The lowest BCUT2D eigenvalue weighted by Gasteiger charge is -2.28. The van der Waals surface area contributed by atoms with Crippen LogP contribution in [-0.2, 0) is 12.5 Å². The fourth-order valence-electron chi connectivity index (χ4n) is 5.59. The number of nitrogens with zero attached hydrogens (tertiary/aromatic N) is 2. The maximum absolute atomic E-state index is 9.04. The molecule has 0 aliphatic heterocycles. The molecule has 3 nitrogen and oxygen atoms in total. The number of benzene rings is 2. The number of aryl methyl sites for hydroxylation is 3. The van der Waals surface area contributed by atoms with Gasteiger partial charge in [0.05, 0.1) is 11.3 Å². The number of rotatable bonds is 4. The zero-order chi connectivity index (χ0) is 35.6. The first-order valence-electron chi connectivity index (χ1n) is 17.9. The molecule has 1 atom stereocenters. The van der Waals surface area contributed by atoms with Crippen molar-refractivity contribution in [3.8, 4) is 22.4 Å². The summed E-state index contributed by atoms with van der Waals surface area (Å²) in [6.45, 7) is -3.25. The molecule has 0 bridgehead atoms.